The quantitative estimate of drug-likeness (QED) is 0.762. The molecule has 0 saturated heterocycles. The zero-order valence-electron chi connectivity index (χ0n) is 8.44. The maximum atomic E-state index is 11.5. The van der Waals surface area contributed by atoms with Gasteiger partial charge in [-0.25, -0.2) is 8.42 Å². The van der Waals surface area contributed by atoms with E-state index in [1.165, 1.54) is 7.11 Å². The van der Waals surface area contributed by atoms with Crippen molar-refractivity contribution in [2.75, 3.05) is 7.11 Å². The molecule has 1 aromatic rings. The van der Waals surface area contributed by atoms with Gasteiger partial charge in [-0.1, -0.05) is 6.07 Å². The molecule has 0 bridgehead atoms. The van der Waals surface area contributed by atoms with E-state index in [-0.39, 0.29) is 16.7 Å². The van der Waals surface area contributed by atoms with Crippen molar-refractivity contribution in [3.63, 3.8) is 0 Å². The van der Waals surface area contributed by atoms with E-state index in [1.54, 1.807) is 6.07 Å². The Morgan fingerprint density at radius 1 is 1.50 bits per heavy atom. The molecule has 2 aliphatic rings. The van der Waals surface area contributed by atoms with Crippen molar-refractivity contribution < 1.29 is 17.9 Å². The minimum Gasteiger partial charge on any atom is -0.495 e. The van der Waals surface area contributed by atoms with Gasteiger partial charge in [0, 0.05) is 22.2 Å². The summed E-state index contributed by atoms with van der Waals surface area (Å²) < 4.78 is 33.5. The number of benzene rings is 1. The average Bonchev–Trinajstić information content (AvgIpc) is 2.88. The Bertz CT molecular complexity index is 566. The van der Waals surface area contributed by atoms with Crippen LogP contribution in [0.15, 0.2) is 17.0 Å². The summed E-state index contributed by atoms with van der Waals surface area (Å²) in [6, 6.07) is 3.47. The molecule has 6 heteroatoms. The van der Waals surface area contributed by atoms with Crippen LogP contribution in [0, 0.1) is 0 Å². The molecule has 0 N–H and O–H groups in total. The van der Waals surface area contributed by atoms with Crippen LogP contribution in [0.3, 0.4) is 0 Å². The fourth-order valence-corrected chi connectivity index (χ4v) is 3.36. The molecule has 2 unspecified atom stereocenters. The first-order valence-corrected chi connectivity index (χ1v) is 7.15. The van der Waals surface area contributed by atoms with Gasteiger partial charge in [0.25, 0.3) is 9.05 Å². The first-order valence-electron chi connectivity index (χ1n) is 4.84. The fourth-order valence-electron chi connectivity index (χ4n) is 2.15. The van der Waals surface area contributed by atoms with E-state index < -0.39 is 9.05 Å². The standard InChI is InChI=1S/C10H9ClO4S/c1-14-7-3-2-5-6-4-8(6)15-9(5)10(7)16(11,12)13/h2-3,6,8H,4H2,1H3. The van der Waals surface area contributed by atoms with Crippen LogP contribution >= 0.6 is 10.7 Å². The number of halogens is 1. The summed E-state index contributed by atoms with van der Waals surface area (Å²) in [6.07, 6.45) is 1.08. The smallest absolute Gasteiger partial charge is 0.268 e. The zero-order chi connectivity index (χ0) is 11.5. The molecule has 0 amide bonds. The number of hydrogen-bond donors (Lipinski definition) is 0. The van der Waals surface area contributed by atoms with Crippen LogP contribution in [-0.2, 0) is 9.05 Å². The molecule has 1 aliphatic heterocycles. The Kier molecular flexibility index (Phi) is 1.95. The molecule has 3 rings (SSSR count). The molecule has 2 atom stereocenters. The molecular formula is C10H9ClO4S. The van der Waals surface area contributed by atoms with Crippen LogP contribution in [0.25, 0.3) is 0 Å². The Balaban J connectivity index is 2.28. The maximum absolute atomic E-state index is 11.5. The Morgan fingerprint density at radius 3 is 2.88 bits per heavy atom. The van der Waals surface area contributed by atoms with E-state index in [2.05, 4.69) is 0 Å². The van der Waals surface area contributed by atoms with E-state index in [1.807, 2.05) is 6.07 Å². The minimum atomic E-state index is -3.85. The minimum absolute atomic E-state index is 0.0404. The highest BCUT2D eigenvalue weighted by molar-refractivity contribution is 8.14. The summed E-state index contributed by atoms with van der Waals surface area (Å²) in [4.78, 5) is -0.0404. The van der Waals surface area contributed by atoms with Gasteiger partial charge in [0.15, 0.2) is 4.90 Å². The van der Waals surface area contributed by atoms with Crippen molar-refractivity contribution in [2.24, 2.45) is 0 Å². The number of fused-ring (bicyclic) bond motifs is 3. The lowest BCUT2D eigenvalue weighted by molar-refractivity contribution is 0.306. The van der Waals surface area contributed by atoms with Gasteiger partial charge in [0.05, 0.1) is 7.11 Å². The van der Waals surface area contributed by atoms with Crippen molar-refractivity contribution in [1.29, 1.82) is 0 Å². The molecule has 1 aliphatic carbocycles. The molecule has 86 valence electrons. The van der Waals surface area contributed by atoms with Gasteiger partial charge in [-0.3, -0.25) is 0 Å². The topological polar surface area (TPSA) is 52.6 Å². The van der Waals surface area contributed by atoms with Crippen LogP contribution in [0.2, 0.25) is 0 Å². The summed E-state index contributed by atoms with van der Waals surface area (Å²) in [7, 11) is 2.96. The first kappa shape index (κ1) is 10.2. The second-order valence-electron chi connectivity index (χ2n) is 3.95. The molecular weight excluding hydrogens is 252 g/mol. The van der Waals surface area contributed by atoms with Crippen molar-refractivity contribution in [2.45, 2.75) is 23.3 Å². The predicted molar refractivity (Wildman–Crippen MR) is 57.8 cm³/mol. The highest BCUT2D eigenvalue weighted by atomic mass is 35.7. The Labute approximate surface area is 97.5 Å². The first-order chi connectivity index (χ1) is 7.52. The monoisotopic (exact) mass is 260 g/mol. The molecule has 1 heterocycles. The molecule has 0 spiro atoms. The highest BCUT2D eigenvalue weighted by Gasteiger charge is 2.50. The van der Waals surface area contributed by atoms with E-state index in [0.29, 0.717) is 11.7 Å². The third-order valence-electron chi connectivity index (χ3n) is 2.97. The van der Waals surface area contributed by atoms with Gasteiger partial charge in [-0.05, 0) is 12.5 Å². The third kappa shape index (κ3) is 1.31. The van der Waals surface area contributed by atoms with Crippen LogP contribution in [0.1, 0.15) is 17.9 Å². The molecule has 16 heavy (non-hydrogen) atoms. The lowest BCUT2D eigenvalue weighted by Gasteiger charge is -2.11. The lowest BCUT2D eigenvalue weighted by Crippen LogP contribution is -2.02. The van der Waals surface area contributed by atoms with Crippen molar-refractivity contribution >= 4 is 19.7 Å². The average molecular weight is 261 g/mol. The molecule has 1 fully saturated rings. The summed E-state index contributed by atoms with van der Waals surface area (Å²) in [6.45, 7) is 0. The zero-order valence-corrected chi connectivity index (χ0v) is 10.0. The molecule has 1 saturated carbocycles. The second-order valence-corrected chi connectivity index (χ2v) is 6.45. The SMILES string of the molecule is COc1ccc2c(c1S(=O)(=O)Cl)OC1CC21. The second kappa shape index (κ2) is 3.05. The van der Waals surface area contributed by atoms with E-state index in [9.17, 15) is 8.42 Å². The number of hydrogen-bond acceptors (Lipinski definition) is 4. The van der Waals surface area contributed by atoms with Gasteiger partial charge in [-0.2, -0.15) is 0 Å². The molecule has 0 radical (unpaired) electrons. The Morgan fingerprint density at radius 2 is 2.25 bits per heavy atom. The van der Waals surface area contributed by atoms with Crippen LogP contribution in [0.4, 0.5) is 0 Å². The van der Waals surface area contributed by atoms with Crippen LogP contribution in [-0.4, -0.2) is 21.6 Å². The molecule has 1 aromatic carbocycles. The predicted octanol–water partition coefficient (Wildman–Crippen LogP) is 1.87. The van der Waals surface area contributed by atoms with Crippen LogP contribution in [0.5, 0.6) is 11.5 Å². The van der Waals surface area contributed by atoms with Crippen molar-refractivity contribution in [1.82, 2.24) is 0 Å². The summed E-state index contributed by atoms with van der Waals surface area (Å²) in [5.74, 6) is 0.934. The van der Waals surface area contributed by atoms with Crippen molar-refractivity contribution in [3.8, 4) is 11.5 Å². The largest absolute Gasteiger partial charge is 0.495 e. The molecule has 4 nitrogen and oxygen atoms in total. The van der Waals surface area contributed by atoms with E-state index in [0.717, 1.165) is 12.0 Å². The number of rotatable bonds is 2. The van der Waals surface area contributed by atoms with E-state index in [4.69, 9.17) is 20.2 Å². The van der Waals surface area contributed by atoms with Gasteiger partial charge in [0.2, 0.25) is 0 Å². The fraction of sp³-hybridized carbons (Fsp3) is 0.400. The normalized spacial score (nSPS) is 25.6. The summed E-state index contributed by atoms with van der Waals surface area (Å²) in [5.41, 5.74) is 0.921. The Hall–Kier alpha value is -0.940. The summed E-state index contributed by atoms with van der Waals surface area (Å²) in [5, 5.41) is 0. The van der Waals surface area contributed by atoms with Gasteiger partial charge in [0.1, 0.15) is 17.6 Å². The number of methoxy groups -OCH3 is 1. The van der Waals surface area contributed by atoms with Gasteiger partial charge >= 0.3 is 0 Å². The van der Waals surface area contributed by atoms with Crippen LogP contribution < -0.4 is 9.47 Å². The maximum Gasteiger partial charge on any atom is 0.268 e. The van der Waals surface area contributed by atoms with Gasteiger partial charge in [-0.15, -0.1) is 0 Å². The lowest BCUT2D eigenvalue weighted by atomic mass is 10.1. The van der Waals surface area contributed by atoms with Gasteiger partial charge < -0.3 is 9.47 Å². The highest BCUT2D eigenvalue weighted by Crippen LogP contribution is 2.57. The van der Waals surface area contributed by atoms with E-state index >= 15 is 0 Å². The third-order valence-corrected chi connectivity index (χ3v) is 4.31. The molecule has 0 aromatic heterocycles. The summed E-state index contributed by atoms with van der Waals surface area (Å²) >= 11 is 0. The van der Waals surface area contributed by atoms with Crippen molar-refractivity contribution in [3.05, 3.63) is 17.7 Å². The number of ether oxygens (including phenoxy) is 2.